The fourth-order valence-corrected chi connectivity index (χ4v) is 4.37. The summed E-state index contributed by atoms with van der Waals surface area (Å²) in [5.74, 6) is 0.222. The van der Waals surface area contributed by atoms with Crippen LogP contribution in [0.1, 0.15) is 38.3 Å². The normalized spacial score (nSPS) is 21.6. The van der Waals surface area contributed by atoms with Crippen LogP contribution in [0.25, 0.3) is 0 Å². The van der Waals surface area contributed by atoms with Gasteiger partial charge in [-0.15, -0.1) is 0 Å². The van der Waals surface area contributed by atoms with Crippen molar-refractivity contribution in [3.8, 4) is 0 Å². The van der Waals surface area contributed by atoms with Crippen LogP contribution < -0.4 is 0 Å². The molecule has 27 heavy (non-hydrogen) atoms. The minimum atomic E-state index is -0.376. The molecule has 1 aromatic rings. The summed E-state index contributed by atoms with van der Waals surface area (Å²) in [5.41, 5.74) is 0.813. The van der Waals surface area contributed by atoms with E-state index >= 15 is 0 Å². The fraction of sp³-hybridized carbons (Fsp3) is 0.619. The Labute approximate surface area is 161 Å². The third kappa shape index (κ3) is 3.73. The lowest BCUT2D eigenvalue weighted by molar-refractivity contribution is -0.186. The smallest absolute Gasteiger partial charge is 0.248 e. The fourth-order valence-electron chi connectivity index (χ4n) is 4.37. The summed E-state index contributed by atoms with van der Waals surface area (Å²) < 4.78 is 10.3. The van der Waals surface area contributed by atoms with Gasteiger partial charge in [-0.05, 0) is 32.3 Å². The third-order valence-electron chi connectivity index (χ3n) is 5.80. The Morgan fingerprint density at radius 1 is 1.19 bits per heavy atom. The van der Waals surface area contributed by atoms with E-state index in [-0.39, 0.29) is 35.9 Å². The maximum absolute atomic E-state index is 13.1. The average molecular weight is 374 g/mol. The molecule has 1 aromatic carbocycles. The number of hydrogen-bond acceptors (Lipinski definition) is 4. The summed E-state index contributed by atoms with van der Waals surface area (Å²) in [6.45, 7) is 6.31. The molecule has 1 unspecified atom stereocenters. The molecule has 0 bridgehead atoms. The number of nitrogens with zero attached hydrogens (tertiary/aromatic N) is 2. The molecule has 2 aliphatic rings. The van der Waals surface area contributed by atoms with Gasteiger partial charge in [0.2, 0.25) is 11.8 Å². The SMILES string of the molecule is COCCOCC(=O)N1CCC2(CC1)C(=O)N(C(C)C)C2c1ccccc1. The van der Waals surface area contributed by atoms with Gasteiger partial charge in [0.15, 0.2) is 0 Å². The number of methoxy groups -OCH3 is 1. The summed E-state index contributed by atoms with van der Waals surface area (Å²) in [6.07, 6.45) is 1.41. The molecule has 0 aliphatic carbocycles. The van der Waals surface area contributed by atoms with E-state index in [4.69, 9.17) is 9.47 Å². The zero-order chi connectivity index (χ0) is 19.4. The number of β-lactam (4-membered cyclic amide) rings is 1. The van der Waals surface area contributed by atoms with Crippen molar-refractivity contribution in [3.63, 3.8) is 0 Å². The van der Waals surface area contributed by atoms with E-state index in [1.165, 1.54) is 5.56 Å². The monoisotopic (exact) mass is 374 g/mol. The Hall–Kier alpha value is -1.92. The van der Waals surface area contributed by atoms with Crippen LogP contribution in [0.4, 0.5) is 0 Å². The van der Waals surface area contributed by atoms with Crippen LogP contribution in [0.2, 0.25) is 0 Å². The molecule has 2 heterocycles. The summed E-state index contributed by atoms with van der Waals surface area (Å²) >= 11 is 0. The largest absolute Gasteiger partial charge is 0.382 e. The molecular weight excluding hydrogens is 344 g/mol. The van der Waals surface area contributed by atoms with E-state index < -0.39 is 0 Å². The van der Waals surface area contributed by atoms with Gasteiger partial charge in [-0.3, -0.25) is 9.59 Å². The highest BCUT2D eigenvalue weighted by atomic mass is 16.5. The number of carbonyl (C=O) groups excluding carboxylic acids is 2. The zero-order valence-corrected chi connectivity index (χ0v) is 16.5. The molecule has 2 aliphatic heterocycles. The Morgan fingerprint density at radius 3 is 2.44 bits per heavy atom. The second-order valence-electron chi connectivity index (χ2n) is 7.70. The highest BCUT2D eigenvalue weighted by molar-refractivity contribution is 5.91. The van der Waals surface area contributed by atoms with Crippen LogP contribution in [-0.4, -0.2) is 67.7 Å². The number of ether oxygens (including phenoxy) is 2. The van der Waals surface area contributed by atoms with Crippen molar-refractivity contribution >= 4 is 11.8 Å². The van der Waals surface area contributed by atoms with Gasteiger partial charge in [0, 0.05) is 26.2 Å². The number of benzene rings is 1. The predicted molar refractivity (Wildman–Crippen MR) is 102 cm³/mol. The molecule has 0 N–H and O–H groups in total. The topological polar surface area (TPSA) is 59.1 Å². The molecular formula is C21H30N2O4. The van der Waals surface area contributed by atoms with Gasteiger partial charge in [0.25, 0.3) is 0 Å². The Kier molecular flexibility index (Phi) is 6.17. The summed E-state index contributed by atoms with van der Waals surface area (Å²) in [7, 11) is 1.61. The van der Waals surface area contributed by atoms with E-state index in [9.17, 15) is 9.59 Å². The van der Waals surface area contributed by atoms with E-state index in [0.717, 1.165) is 0 Å². The van der Waals surface area contributed by atoms with E-state index in [1.54, 1.807) is 7.11 Å². The van der Waals surface area contributed by atoms with Crippen molar-refractivity contribution in [3.05, 3.63) is 35.9 Å². The molecule has 6 heteroatoms. The predicted octanol–water partition coefficient (Wildman–Crippen LogP) is 2.25. The Balaban J connectivity index is 1.66. The van der Waals surface area contributed by atoms with Gasteiger partial charge in [0.1, 0.15) is 6.61 Å². The maximum atomic E-state index is 13.1. The zero-order valence-electron chi connectivity index (χ0n) is 16.5. The molecule has 0 radical (unpaired) electrons. The number of amides is 2. The Bertz CT molecular complexity index is 653. The lowest BCUT2D eigenvalue weighted by atomic mass is 9.62. The van der Waals surface area contributed by atoms with Crippen molar-refractivity contribution < 1.29 is 19.1 Å². The Morgan fingerprint density at radius 2 is 1.85 bits per heavy atom. The van der Waals surface area contributed by atoms with Crippen molar-refractivity contribution in [1.82, 2.24) is 9.80 Å². The second-order valence-corrected chi connectivity index (χ2v) is 7.70. The number of piperidine rings is 1. The van der Waals surface area contributed by atoms with Gasteiger partial charge in [-0.2, -0.15) is 0 Å². The molecule has 148 valence electrons. The molecule has 1 atom stereocenters. The summed E-state index contributed by atoms with van der Waals surface area (Å²) in [5, 5.41) is 0. The summed E-state index contributed by atoms with van der Waals surface area (Å²) in [4.78, 5) is 29.2. The van der Waals surface area contributed by atoms with Gasteiger partial charge < -0.3 is 19.3 Å². The maximum Gasteiger partial charge on any atom is 0.248 e. The molecule has 3 rings (SSSR count). The van der Waals surface area contributed by atoms with E-state index in [0.29, 0.717) is 39.1 Å². The second kappa shape index (κ2) is 8.40. The van der Waals surface area contributed by atoms with Crippen LogP contribution >= 0.6 is 0 Å². The first kappa shape index (κ1) is 19.8. The number of rotatable bonds is 7. The van der Waals surface area contributed by atoms with Gasteiger partial charge in [0.05, 0.1) is 24.7 Å². The van der Waals surface area contributed by atoms with Gasteiger partial charge in [-0.25, -0.2) is 0 Å². The van der Waals surface area contributed by atoms with Gasteiger partial charge >= 0.3 is 0 Å². The van der Waals surface area contributed by atoms with Crippen molar-refractivity contribution in [2.45, 2.75) is 38.8 Å². The van der Waals surface area contributed by atoms with Crippen LogP contribution in [-0.2, 0) is 19.1 Å². The molecule has 6 nitrogen and oxygen atoms in total. The highest BCUT2D eigenvalue weighted by Crippen LogP contribution is 2.56. The van der Waals surface area contributed by atoms with Crippen LogP contribution in [0.15, 0.2) is 30.3 Å². The molecule has 2 fully saturated rings. The average Bonchev–Trinajstić information content (AvgIpc) is 2.69. The third-order valence-corrected chi connectivity index (χ3v) is 5.80. The first-order valence-electron chi connectivity index (χ1n) is 9.73. The minimum Gasteiger partial charge on any atom is -0.382 e. The quantitative estimate of drug-likeness (QED) is 0.543. The van der Waals surface area contributed by atoms with Gasteiger partial charge in [-0.1, -0.05) is 30.3 Å². The van der Waals surface area contributed by atoms with Crippen LogP contribution in [0.5, 0.6) is 0 Å². The first-order valence-corrected chi connectivity index (χ1v) is 9.73. The number of likely N-dealkylation sites (tertiary alicyclic amines) is 2. The molecule has 2 amide bonds. The number of hydrogen-bond donors (Lipinski definition) is 0. The molecule has 0 aromatic heterocycles. The molecule has 1 spiro atoms. The van der Waals surface area contributed by atoms with Crippen molar-refractivity contribution in [2.75, 3.05) is 40.0 Å². The number of carbonyl (C=O) groups is 2. The van der Waals surface area contributed by atoms with Crippen LogP contribution in [0, 0.1) is 5.41 Å². The lowest BCUT2D eigenvalue weighted by Gasteiger charge is -2.60. The standard InChI is InChI=1S/C21H30N2O4/c1-16(2)23-19(17-7-5-4-6-8-17)21(20(23)25)9-11-22(12-10-21)18(24)15-27-14-13-26-3/h4-8,16,19H,9-15H2,1-3H3. The minimum absolute atomic E-state index is 0.00953. The summed E-state index contributed by atoms with van der Waals surface area (Å²) in [6, 6.07) is 10.5. The van der Waals surface area contributed by atoms with Crippen LogP contribution in [0.3, 0.4) is 0 Å². The molecule has 2 saturated heterocycles. The van der Waals surface area contributed by atoms with Crippen molar-refractivity contribution in [2.24, 2.45) is 5.41 Å². The lowest BCUT2D eigenvalue weighted by Crippen LogP contribution is -2.68. The van der Waals surface area contributed by atoms with E-state index in [2.05, 4.69) is 26.0 Å². The van der Waals surface area contributed by atoms with Crippen molar-refractivity contribution in [1.29, 1.82) is 0 Å². The van der Waals surface area contributed by atoms with E-state index in [1.807, 2.05) is 28.0 Å². The first-order chi connectivity index (χ1) is 13.0. The molecule has 0 saturated carbocycles. The highest BCUT2D eigenvalue weighted by Gasteiger charge is 2.62.